The van der Waals surface area contributed by atoms with Crippen molar-refractivity contribution in [3.05, 3.63) is 58.4 Å². The van der Waals surface area contributed by atoms with Gasteiger partial charge in [-0.15, -0.1) is 15.3 Å². The van der Waals surface area contributed by atoms with Crippen molar-refractivity contribution in [2.45, 2.75) is 13.8 Å². The van der Waals surface area contributed by atoms with Gasteiger partial charge in [-0.05, 0) is 37.6 Å². The van der Waals surface area contributed by atoms with Crippen LogP contribution in [0.3, 0.4) is 0 Å². The van der Waals surface area contributed by atoms with Crippen LogP contribution in [0.5, 0.6) is 5.75 Å². The molecule has 0 atom stereocenters. The lowest BCUT2D eigenvalue weighted by Gasteiger charge is -2.05. The fraction of sp³-hybridized carbons (Fsp3) is 0.158. The van der Waals surface area contributed by atoms with Crippen LogP contribution in [0.2, 0.25) is 0 Å². The first kappa shape index (κ1) is 17.0. The van der Waals surface area contributed by atoms with Crippen molar-refractivity contribution in [1.82, 2.24) is 39.6 Å². The fourth-order valence-corrected chi connectivity index (χ4v) is 3.34. The highest BCUT2D eigenvalue weighted by molar-refractivity contribution is 5.84. The van der Waals surface area contributed by atoms with E-state index in [-0.39, 0.29) is 17.0 Å². The molecule has 0 fully saturated rings. The summed E-state index contributed by atoms with van der Waals surface area (Å²) in [5.41, 5.74) is 3.54. The Kier molecular flexibility index (Phi) is 3.66. The lowest BCUT2D eigenvalue weighted by Crippen LogP contribution is -2.21. The Morgan fingerprint density at radius 3 is 2.55 bits per heavy atom. The maximum atomic E-state index is 12.9. The Morgan fingerprint density at radius 2 is 1.86 bits per heavy atom. The number of benzene rings is 1. The molecule has 0 aliphatic rings. The summed E-state index contributed by atoms with van der Waals surface area (Å²) in [6, 6.07) is 9.40. The Morgan fingerprint density at radius 1 is 1.07 bits per heavy atom. The molecule has 0 saturated heterocycles. The first-order chi connectivity index (χ1) is 14.1. The minimum atomic E-state index is -0.366. The largest absolute Gasteiger partial charge is 0.497 e. The Hall–Kier alpha value is -4.08. The van der Waals surface area contributed by atoms with Crippen molar-refractivity contribution < 1.29 is 4.74 Å². The highest BCUT2D eigenvalue weighted by atomic mass is 16.5. The lowest BCUT2D eigenvalue weighted by molar-refractivity contribution is 0.415. The van der Waals surface area contributed by atoms with Crippen molar-refractivity contribution >= 4 is 16.7 Å². The quantitative estimate of drug-likeness (QED) is 0.501. The van der Waals surface area contributed by atoms with E-state index in [0.717, 1.165) is 22.6 Å². The van der Waals surface area contributed by atoms with Gasteiger partial charge in [0.15, 0.2) is 11.2 Å². The number of H-pyrrole nitrogens is 1. The number of nitrogens with one attached hydrogen (secondary N) is 1. The number of hydrogen-bond acceptors (Lipinski definition) is 7. The van der Waals surface area contributed by atoms with E-state index >= 15 is 0 Å². The molecule has 4 heterocycles. The fourth-order valence-electron chi connectivity index (χ4n) is 3.34. The maximum absolute atomic E-state index is 12.9. The zero-order valence-electron chi connectivity index (χ0n) is 15.9. The normalized spacial score (nSPS) is 11.4. The zero-order valence-corrected chi connectivity index (χ0v) is 15.9. The van der Waals surface area contributed by atoms with E-state index in [1.54, 1.807) is 30.8 Å². The van der Waals surface area contributed by atoms with Gasteiger partial charge in [-0.25, -0.2) is 9.08 Å². The average Bonchev–Trinajstić information content (AvgIpc) is 3.31. The second-order valence-corrected chi connectivity index (χ2v) is 6.57. The van der Waals surface area contributed by atoms with Crippen LogP contribution in [-0.2, 0) is 0 Å². The molecule has 10 nitrogen and oxygen atoms in total. The van der Waals surface area contributed by atoms with E-state index in [1.807, 2.05) is 31.2 Å². The van der Waals surface area contributed by atoms with Crippen LogP contribution in [0, 0.1) is 13.8 Å². The molecule has 5 rings (SSSR count). The maximum Gasteiger partial charge on any atom is 0.287 e. The number of hydrogen-bond donors (Lipinski definition) is 1. The van der Waals surface area contributed by atoms with E-state index in [9.17, 15) is 4.79 Å². The molecule has 144 valence electrons. The molecular formula is C19H16N8O2. The molecule has 0 radical (unpaired) electrons. The molecule has 0 bridgehead atoms. The molecule has 0 spiro atoms. The molecule has 29 heavy (non-hydrogen) atoms. The van der Waals surface area contributed by atoms with E-state index in [1.165, 1.54) is 4.57 Å². The van der Waals surface area contributed by atoms with Gasteiger partial charge in [0.1, 0.15) is 17.1 Å². The molecule has 5 aromatic rings. The van der Waals surface area contributed by atoms with Gasteiger partial charge in [0, 0.05) is 6.20 Å². The minimum absolute atomic E-state index is 0.186. The molecule has 1 aromatic carbocycles. The summed E-state index contributed by atoms with van der Waals surface area (Å²) >= 11 is 0. The van der Waals surface area contributed by atoms with Crippen molar-refractivity contribution in [2.75, 3.05) is 7.11 Å². The van der Waals surface area contributed by atoms with Crippen LogP contribution >= 0.6 is 0 Å². The van der Waals surface area contributed by atoms with Gasteiger partial charge in [-0.3, -0.25) is 9.89 Å². The summed E-state index contributed by atoms with van der Waals surface area (Å²) in [6.07, 6.45) is 1.61. The second-order valence-electron chi connectivity index (χ2n) is 6.57. The zero-order chi connectivity index (χ0) is 20.1. The number of aromatic amines is 1. The number of fused-ring (bicyclic) bond motifs is 3. The molecule has 4 aromatic heterocycles. The second kappa shape index (κ2) is 6.23. The van der Waals surface area contributed by atoms with Crippen molar-refractivity contribution in [3.63, 3.8) is 0 Å². The summed E-state index contributed by atoms with van der Waals surface area (Å²) in [7, 11) is 1.62. The number of aromatic nitrogens is 8. The smallest absolute Gasteiger partial charge is 0.287 e. The van der Waals surface area contributed by atoms with Gasteiger partial charge in [0.05, 0.1) is 18.4 Å². The van der Waals surface area contributed by atoms with Gasteiger partial charge in [-0.1, -0.05) is 12.1 Å². The summed E-state index contributed by atoms with van der Waals surface area (Å²) in [5.74, 6) is 1.63. The number of rotatable bonds is 3. The molecule has 0 aliphatic heterocycles. The summed E-state index contributed by atoms with van der Waals surface area (Å²) < 4.78 is 8.20. The molecule has 0 unspecified atom stereocenters. The van der Waals surface area contributed by atoms with Gasteiger partial charge < -0.3 is 4.74 Å². The molecule has 0 saturated carbocycles. The van der Waals surface area contributed by atoms with Crippen LogP contribution in [0.4, 0.5) is 0 Å². The monoisotopic (exact) mass is 388 g/mol. The Balaban J connectivity index is 1.73. The van der Waals surface area contributed by atoms with Gasteiger partial charge in [0.25, 0.3) is 11.5 Å². The summed E-state index contributed by atoms with van der Waals surface area (Å²) in [4.78, 5) is 17.1. The van der Waals surface area contributed by atoms with E-state index in [2.05, 4.69) is 30.5 Å². The molecular weight excluding hydrogens is 372 g/mol. The third kappa shape index (κ3) is 2.57. The number of pyridine rings is 1. The predicted molar refractivity (Wildman–Crippen MR) is 105 cm³/mol. The average molecular weight is 388 g/mol. The third-order valence-corrected chi connectivity index (χ3v) is 4.73. The number of ether oxygens (including phenoxy) is 1. The minimum Gasteiger partial charge on any atom is -0.497 e. The first-order valence-electron chi connectivity index (χ1n) is 8.88. The number of nitrogens with zero attached hydrogens (tertiary/aromatic N) is 7. The predicted octanol–water partition coefficient (Wildman–Crippen LogP) is 1.84. The highest BCUT2D eigenvalue weighted by Crippen LogP contribution is 2.29. The van der Waals surface area contributed by atoms with Crippen LogP contribution < -0.4 is 10.3 Å². The highest BCUT2D eigenvalue weighted by Gasteiger charge is 2.18. The van der Waals surface area contributed by atoms with E-state index < -0.39 is 0 Å². The van der Waals surface area contributed by atoms with Crippen molar-refractivity contribution in [3.8, 4) is 22.8 Å². The number of aryl methyl sites for hydroxylation is 2. The van der Waals surface area contributed by atoms with E-state index in [0.29, 0.717) is 17.0 Å². The molecule has 1 N–H and O–H groups in total. The summed E-state index contributed by atoms with van der Waals surface area (Å²) in [6.45, 7) is 3.66. The van der Waals surface area contributed by atoms with E-state index in [4.69, 9.17) is 4.74 Å². The van der Waals surface area contributed by atoms with Gasteiger partial charge in [-0.2, -0.15) is 10.1 Å². The van der Waals surface area contributed by atoms with Crippen LogP contribution in [0.1, 0.15) is 11.5 Å². The molecule has 10 heteroatoms. The van der Waals surface area contributed by atoms with Crippen molar-refractivity contribution in [1.29, 1.82) is 0 Å². The Labute approximate surface area is 163 Å². The summed E-state index contributed by atoms with van der Waals surface area (Å²) in [5, 5.41) is 19.9. The van der Waals surface area contributed by atoms with Crippen LogP contribution in [0.25, 0.3) is 33.8 Å². The first-order valence-corrected chi connectivity index (χ1v) is 8.88. The third-order valence-electron chi connectivity index (χ3n) is 4.73. The van der Waals surface area contributed by atoms with Gasteiger partial charge in [0.2, 0.25) is 0 Å². The van der Waals surface area contributed by atoms with Gasteiger partial charge >= 0.3 is 0 Å². The lowest BCUT2D eigenvalue weighted by atomic mass is 10.1. The van der Waals surface area contributed by atoms with Crippen molar-refractivity contribution in [2.24, 2.45) is 0 Å². The Bertz CT molecular complexity index is 1430. The SMILES string of the molecule is COc1ccc(-c2c(C)nn3c2nnc2c(=O)n(-c4n[nH]c(C)n4)ccc23)cc1. The van der Waals surface area contributed by atoms with Crippen LogP contribution in [0.15, 0.2) is 41.3 Å². The molecule has 0 amide bonds. The van der Waals surface area contributed by atoms with Crippen LogP contribution in [-0.4, -0.2) is 46.7 Å². The number of methoxy groups -OCH3 is 1. The standard InChI is InChI=1S/C19H16N8O2/c1-10-15(12-4-6-13(29-3)7-5-12)17-23-22-16-14(27(17)25-10)8-9-26(18(16)28)19-20-11(2)21-24-19/h4-9H,1-3H3,(H,20,21,24). The molecule has 0 aliphatic carbocycles. The topological polar surface area (TPSA) is 116 Å².